The molecular weight excluding hydrogens is 492 g/mol. The van der Waals surface area contributed by atoms with Crippen LogP contribution in [0.15, 0.2) is 59.5 Å². The fourth-order valence-electron chi connectivity index (χ4n) is 3.87. The molecular formula is C25H26N8O5. The number of nitrogens with zero attached hydrogens (tertiary/aromatic N) is 5. The fraction of sp³-hybridized carbons (Fsp3) is 0.240. The first-order valence-corrected chi connectivity index (χ1v) is 11.9. The van der Waals surface area contributed by atoms with E-state index in [1.54, 1.807) is 36.4 Å². The molecule has 13 nitrogen and oxygen atoms in total. The number of oxazole rings is 1. The molecule has 1 fully saturated rings. The number of pyridine rings is 1. The lowest BCUT2D eigenvalue weighted by atomic mass is 10.2. The van der Waals surface area contributed by atoms with Crippen LogP contribution in [0.4, 0.5) is 11.5 Å². The summed E-state index contributed by atoms with van der Waals surface area (Å²) in [5.74, 6) is -0.209. The summed E-state index contributed by atoms with van der Waals surface area (Å²) in [7, 11) is 0. The standard InChI is InChI=1S/C25H26N8O5/c26-21-13-16(5-6-28-21)25-30-20(15-38-25)24(35)29-19-14-33(31-22(19)23(27)34)17-1-3-18(4-2-17)37-12-9-32-7-10-36-11-8-32/h1-6,13-15H,7-12H2,(H2,26,28)(H2,27,34)(H,29,35). The van der Waals surface area contributed by atoms with Gasteiger partial charge in [-0.25, -0.2) is 14.6 Å². The first-order valence-electron chi connectivity index (χ1n) is 11.9. The molecule has 1 saturated heterocycles. The number of hydrogen-bond acceptors (Lipinski definition) is 10. The van der Waals surface area contributed by atoms with Gasteiger partial charge in [-0.3, -0.25) is 14.5 Å². The molecule has 2 amide bonds. The second kappa shape index (κ2) is 11.1. The molecule has 0 spiro atoms. The van der Waals surface area contributed by atoms with E-state index in [0.717, 1.165) is 32.8 Å². The van der Waals surface area contributed by atoms with Crippen LogP contribution in [0.3, 0.4) is 0 Å². The summed E-state index contributed by atoms with van der Waals surface area (Å²) in [5.41, 5.74) is 12.4. The average Bonchev–Trinajstić information content (AvgIpc) is 3.58. The van der Waals surface area contributed by atoms with Gasteiger partial charge in [-0.2, -0.15) is 5.10 Å². The molecule has 1 aliphatic heterocycles. The minimum Gasteiger partial charge on any atom is -0.492 e. The summed E-state index contributed by atoms with van der Waals surface area (Å²) in [6.45, 7) is 4.67. The zero-order chi connectivity index (χ0) is 26.5. The van der Waals surface area contributed by atoms with Gasteiger partial charge in [-0.05, 0) is 36.4 Å². The highest BCUT2D eigenvalue weighted by Gasteiger charge is 2.20. The lowest BCUT2D eigenvalue weighted by Gasteiger charge is -2.26. The molecule has 196 valence electrons. The summed E-state index contributed by atoms with van der Waals surface area (Å²) in [6.07, 6.45) is 4.20. The van der Waals surface area contributed by atoms with E-state index in [2.05, 4.69) is 25.3 Å². The molecule has 13 heteroatoms. The molecule has 0 atom stereocenters. The Balaban J connectivity index is 1.25. The Morgan fingerprint density at radius 1 is 1.13 bits per heavy atom. The van der Waals surface area contributed by atoms with Crippen LogP contribution < -0.4 is 21.5 Å². The van der Waals surface area contributed by atoms with Crippen LogP contribution in [0.5, 0.6) is 5.75 Å². The van der Waals surface area contributed by atoms with Crippen molar-refractivity contribution in [2.24, 2.45) is 5.73 Å². The third kappa shape index (κ3) is 5.79. The number of benzene rings is 1. The van der Waals surface area contributed by atoms with Gasteiger partial charge in [0.05, 0.1) is 30.8 Å². The van der Waals surface area contributed by atoms with E-state index in [4.69, 9.17) is 25.4 Å². The maximum atomic E-state index is 12.8. The summed E-state index contributed by atoms with van der Waals surface area (Å²) < 4.78 is 18.0. The molecule has 0 unspecified atom stereocenters. The summed E-state index contributed by atoms with van der Waals surface area (Å²) in [5, 5.41) is 6.87. The van der Waals surface area contributed by atoms with Crippen LogP contribution in [0.1, 0.15) is 21.0 Å². The van der Waals surface area contributed by atoms with Gasteiger partial charge in [0.1, 0.15) is 24.4 Å². The number of carbonyl (C=O) groups is 2. The molecule has 38 heavy (non-hydrogen) atoms. The van der Waals surface area contributed by atoms with Crippen LogP contribution in [-0.2, 0) is 4.74 Å². The Bertz CT molecular complexity index is 1430. The van der Waals surface area contributed by atoms with Crippen LogP contribution in [0.25, 0.3) is 17.1 Å². The molecule has 0 radical (unpaired) electrons. The van der Waals surface area contributed by atoms with Gasteiger partial charge >= 0.3 is 0 Å². The molecule has 5 N–H and O–H groups in total. The molecule has 4 aromatic rings. The predicted octanol–water partition coefficient (Wildman–Crippen LogP) is 1.57. The fourth-order valence-corrected chi connectivity index (χ4v) is 3.87. The van der Waals surface area contributed by atoms with Crippen LogP contribution in [-0.4, -0.2) is 75.9 Å². The number of nitrogen functional groups attached to an aromatic ring is 1. The maximum absolute atomic E-state index is 12.8. The van der Waals surface area contributed by atoms with Crippen LogP contribution >= 0.6 is 0 Å². The molecule has 1 aromatic carbocycles. The number of rotatable bonds is 9. The predicted molar refractivity (Wildman–Crippen MR) is 137 cm³/mol. The number of nitrogens with two attached hydrogens (primary N) is 2. The Kier molecular flexibility index (Phi) is 7.28. The van der Waals surface area contributed by atoms with Gasteiger partial charge in [-0.1, -0.05) is 0 Å². The van der Waals surface area contributed by atoms with Crippen molar-refractivity contribution in [3.63, 3.8) is 0 Å². The minimum atomic E-state index is -0.796. The van der Waals surface area contributed by atoms with E-state index in [1.807, 2.05) is 0 Å². The quantitative estimate of drug-likeness (QED) is 0.295. The van der Waals surface area contributed by atoms with E-state index in [-0.39, 0.29) is 28.8 Å². The van der Waals surface area contributed by atoms with Crippen molar-refractivity contribution in [2.45, 2.75) is 0 Å². The molecule has 3 aromatic heterocycles. The Labute approximate surface area is 217 Å². The normalized spacial score (nSPS) is 13.8. The molecule has 0 aliphatic carbocycles. The number of ether oxygens (including phenoxy) is 2. The maximum Gasteiger partial charge on any atom is 0.277 e. The van der Waals surface area contributed by atoms with Crippen molar-refractivity contribution in [1.29, 1.82) is 0 Å². The molecule has 5 rings (SSSR count). The minimum absolute atomic E-state index is 0.00265. The van der Waals surface area contributed by atoms with Gasteiger partial charge in [0.2, 0.25) is 5.89 Å². The molecule has 4 heterocycles. The zero-order valence-corrected chi connectivity index (χ0v) is 20.4. The van der Waals surface area contributed by atoms with E-state index in [9.17, 15) is 9.59 Å². The van der Waals surface area contributed by atoms with Crippen molar-refractivity contribution < 1.29 is 23.5 Å². The van der Waals surface area contributed by atoms with E-state index in [0.29, 0.717) is 23.6 Å². The van der Waals surface area contributed by atoms with Crippen molar-refractivity contribution >= 4 is 23.3 Å². The Morgan fingerprint density at radius 3 is 2.66 bits per heavy atom. The third-order valence-corrected chi connectivity index (χ3v) is 5.84. The Morgan fingerprint density at radius 2 is 1.92 bits per heavy atom. The van der Waals surface area contributed by atoms with Gasteiger partial charge in [0.25, 0.3) is 11.8 Å². The smallest absolute Gasteiger partial charge is 0.277 e. The first-order chi connectivity index (χ1) is 18.5. The number of nitrogens with one attached hydrogen (secondary N) is 1. The van der Waals surface area contributed by atoms with Gasteiger partial charge in [0.15, 0.2) is 11.4 Å². The lowest BCUT2D eigenvalue weighted by molar-refractivity contribution is 0.0322. The van der Waals surface area contributed by atoms with Crippen LogP contribution in [0.2, 0.25) is 0 Å². The highest BCUT2D eigenvalue weighted by Crippen LogP contribution is 2.22. The molecule has 0 bridgehead atoms. The lowest BCUT2D eigenvalue weighted by Crippen LogP contribution is -2.38. The largest absolute Gasteiger partial charge is 0.492 e. The first kappa shape index (κ1) is 24.9. The van der Waals surface area contributed by atoms with Crippen molar-refractivity contribution in [3.8, 4) is 22.9 Å². The van der Waals surface area contributed by atoms with Crippen molar-refractivity contribution in [3.05, 3.63) is 66.4 Å². The number of aromatic nitrogens is 4. The van der Waals surface area contributed by atoms with Gasteiger partial charge in [0, 0.05) is 31.4 Å². The van der Waals surface area contributed by atoms with Gasteiger partial charge < -0.3 is 30.7 Å². The highest BCUT2D eigenvalue weighted by atomic mass is 16.5. The van der Waals surface area contributed by atoms with E-state index >= 15 is 0 Å². The second-order valence-corrected chi connectivity index (χ2v) is 8.46. The second-order valence-electron chi connectivity index (χ2n) is 8.46. The summed E-state index contributed by atoms with van der Waals surface area (Å²) in [4.78, 5) is 35.2. The number of hydrogen-bond donors (Lipinski definition) is 3. The van der Waals surface area contributed by atoms with Crippen molar-refractivity contribution in [2.75, 3.05) is 50.5 Å². The van der Waals surface area contributed by atoms with Crippen LogP contribution in [0, 0.1) is 0 Å². The number of anilines is 2. The molecule has 1 aliphatic rings. The highest BCUT2D eigenvalue weighted by molar-refractivity contribution is 6.07. The number of morpholine rings is 1. The number of amides is 2. The van der Waals surface area contributed by atoms with E-state index in [1.165, 1.54) is 23.3 Å². The topological polar surface area (TPSA) is 177 Å². The average molecular weight is 519 g/mol. The monoisotopic (exact) mass is 518 g/mol. The zero-order valence-electron chi connectivity index (χ0n) is 20.4. The van der Waals surface area contributed by atoms with Crippen molar-refractivity contribution in [1.82, 2.24) is 24.6 Å². The summed E-state index contributed by atoms with van der Waals surface area (Å²) >= 11 is 0. The SMILES string of the molecule is NC(=O)c1nn(-c2ccc(OCCN3CCOCC3)cc2)cc1NC(=O)c1coc(-c2ccnc(N)c2)n1. The molecule has 0 saturated carbocycles. The summed E-state index contributed by atoms with van der Waals surface area (Å²) in [6, 6.07) is 10.4. The Hall–Kier alpha value is -4.75. The van der Waals surface area contributed by atoms with Gasteiger partial charge in [-0.15, -0.1) is 0 Å². The third-order valence-electron chi connectivity index (χ3n) is 5.84. The number of primary amides is 1. The number of carbonyl (C=O) groups excluding carboxylic acids is 2. The van der Waals surface area contributed by atoms with E-state index < -0.39 is 11.8 Å².